The van der Waals surface area contributed by atoms with Gasteiger partial charge in [-0.05, 0) is 31.6 Å². The highest BCUT2D eigenvalue weighted by atomic mass is 16.2. The van der Waals surface area contributed by atoms with Gasteiger partial charge in [-0.25, -0.2) is 4.79 Å². The smallest absolute Gasteiger partial charge is 0.330 e. The summed E-state index contributed by atoms with van der Waals surface area (Å²) in [4.78, 5) is 68.6. The summed E-state index contributed by atoms with van der Waals surface area (Å²) in [5.41, 5.74) is 4.84. The molecule has 3 N–H and O–H groups in total. The minimum atomic E-state index is -0.724. The monoisotopic (exact) mass is 473 g/mol. The number of fused-ring (bicyclic) bond motifs is 1. The van der Waals surface area contributed by atoms with Crippen LogP contribution in [0.15, 0.2) is 21.7 Å². The second kappa shape index (κ2) is 10.8. The zero-order valence-corrected chi connectivity index (χ0v) is 20.2. The van der Waals surface area contributed by atoms with Crippen molar-refractivity contribution in [2.45, 2.75) is 65.8 Å². The first kappa shape index (κ1) is 25.5. The van der Waals surface area contributed by atoms with Gasteiger partial charge in [-0.15, -0.1) is 0 Å². The zero-order chi connectivity index (χ0) is 25.0. The van der Waals surface area contributed by atoms with E-state index in [0.29, 0.717) is 32.2 Å². The standard InChI is InChI=1S/C24H35N5O5/c1-4-5-12-28-20(25)19(21(31)26-24(28)34)27(13-10-15(2)3)18(30)11-14-29-22(32)16-8-6-7-9-17(16)23(29)33/h6-7,15-17H,4-5,8-14,25H2,1-3H3,(H,26,31,34)/t16-,17-/m0/s1. The van der Waals surface area contributed by atoms with Crippen LogP contribution in [0.2, 0.25) is 0 Å². The van der Waals surface area contributed by atoms with E-state index in [1.165, 1.54) is 14.4 Å². The Hall–Kier alpha value is -3.17. The Morgan fingerprint density at radius 2 is 1.74 bits per heavy atom. The predicted octanol–water partition coefficient (Wildman–Crippen LogP) is 1.64. The molecule has 1 aliphatic carbocycles. The number of likely N-dealkylation sites (tertiary alicyclic amines) is 1. The molecular weight excluding hydrogens is 438 g/mol. The van der Waals surface area contributed by atoms with E-state index in [9.17, 15) is 24.0 Å². The zero-order valence-electron chi connectivity index (χ0n) is 20.2. The highest BCUT2D eigenvalue weighted by molar-refractivity contribution is 6.06. The third-order valence-corrected chi connectivity index (χ3v) is 6.60. The third kappa shape index (κ3) is 5.15. The molecule has 0 saturated carbocycles. The molecule has 10 nitrogen and oxygen atoms in total. The molecule has 2 heterocycles. The van der Waals surface area contributed by atoms with Gasteiger partial charge in [0.2, 0.25) is 17.7 Å². The lowest BCUT2D eigenvalue weighted by Gasteiger charge is -2.26. The number of carbonyl (C=O) groups is 3. The SMILES string of the molecule is CCCCn1c(N)c(N(CCC(C)C)C(=O)CCN2C(=O)[C@H]3CC=CC[C@@H]3C2=O)c(=O)[nH]c1=O. The molecule has 0 spiro atoms. The maximum absolute atomic E-state index is 13.3. The van der Waals surface area contributed by atoms with Crippen LogP contribution in [0.1, 0.15) is 59.3 Å². The molecule has 34 heavy (non-hydrogen) atoms. The summed E-state index contributed by atoms with van der Waals surface area (Å²) >= 11 is 0. The van der Waals surface area contributed by atoms with E-state index in [1.807, 2.05) is 32.9 Å². The molecule has 1 aromatic rings. The van der Waals surface area contributed by atoms with E-state index in [1.54, 1.807) is 0 Å². The van der Waals surface area contributed by atoms with Gasteiger partial charge in [0.25, 0.3) is 5.56 Å². The molecular formula is C24H35N5O5. The summed E-state index contributed by atoms with van der Waals surface area (Å²) in [6.45, 7) is 6.47. The Balaban J connectivity index is 1.85. The maximum atomic E-state index is 13.3. The first-order valence-corrected chi connectivity index (χ1v) is 12.1. The molecule has 186 valence electrons. The quantitative estimate of drug-likeness (QED) is 0.391. The number of amides is 3. The van der Waals surface area contributed by atoms with Crippen LogP contribution in [-0.4, -0.2) is 45.3 Å². The molecule has 0 aromatic carbocycles. The largest absolute Gasteiger partial charge is 0.383 e. The Morgan fingerprint density at radius 1 is 1.12 bits per heavy atom. The van der Waals surface area contributed by atoms with Gasteiger partial charge in [0, 0.05) is 26.1 Å². The van der Waals surface area contributed by atoms with Crippen LogP contribution in [0.25, 0.3) is 0 Å². The summed E-state index contributed by atoms with van der Waals surface area (Å²) < 4.78 is 1.28. The summed E-state index contributed by atoms with van der Waals surface area (Å²) in [5, 5.41) is 0. The van der Waals surface area contributed by atoms with Gasteiger partial charge < -0.3 is 10.6 Å². The van der Waals surface area contributed by atoms with E-state index in [0.717, 1.165) is 6.42 Å². The minimum absolute atomic E-state index is 0.0467. The molecule has 1 aliphatic heterocycles. The van der Waals surface area contributed by atoms with Crippen molar-refractivity contribution < 1.29 is 14.4 Å². The van der Waals surface area contributed by atoms with Crippen molar-refractivity contribution in [2.75, 3.05) is 23.7 Å². The number of carbonyl (C=O) groups excluding carboxylic acids is 3. The Bertz CT molecular complexity index is 1060. The molecule has 0 bridgehead atoms. The highest BCUT2D eigenvalue weighted by Crippen LogP contribution is 2.35. The fraction of sp³-hybridized carbons (Fsp3) is 0.625. The van der Waals surface area contributed by atoms with Crippen molar-refractivity contribution in [1.29, 1.82) is 0 Å². The molecule has 0 radical (unpaired) electrons. The number of nitrogens with one attached hydrogen (secondary N) is 1. The summed E-state index contributed by atoms with van der Waals surface area (Å²) in [6.07, 6.45) is 6.88. The highest BCUT2D eigenvalue weighted by Gasteiger charge is 2.47. The molecule has 0 unspecified atom stereocenters. The molecule has 3 amide bonds. The number of nitrogen functional groups attached to an aromatic ring is 1. The molecule has 2 atom stereocenters. The van der Waals surface area contributed by atoms with E-state index >= 15 is 0 Å². The minimum Gasteiger partial charge on any atom is -0.383 e. The molecule has 2 aliphatic rings. The van der Waals surface area contributed by atoms with E-state index in [-0.39, 0.29) is 60.6 Å². The van der Waals surface area contributed by atoms with Crippen LogP contribution >= 0.6 is 0 Å². The number of hydrogen-bond donors (Lipinski definition) is 2. The number of hydrogen-bond acceptors (Lipinski definition) is 6. The first-order chi connectivity index (χ1) is 16.2. The van der Waals surface area contributed by atoms with Crippen molar-refractivity contribution >= 4 is 29.2 Å². The number of allylic oxidation sites excluding steroid dienone is 2. The van der Waals surface area contributed by atoms with E-state index < -0.39 is 17.2 Å². The van der Waals surface area contributed by atoms with Crippen LogP contribution < -0.4 is 21.9 Å². The van der Waals surface area contributed by atoms with Gasteiger partial charge in [-0.2, -0.15) is 0 Å². The van der Waals surface area contributed by atoms with Gasteiger partial charge in [-0.3, -0.25) is 33.6 Å². The lowest BCUT2D eigenvalue weighted by Crippen LogP contribution is -2.43. The average Bonchev–Trinajstić information content (AvgIpc) is 3.03. The van der Waals surface area contributed by atoms with Crippen molar-refractivity contribution in [1.82, 2.24) is 14.5 Å². The van der Waals surface area contributed by atoms with Gasteiger partial charge in [0.05, 0.1) is 11.8 Å². The number of unbranched alkanes of at least 4 members (excludes halogenated alkanes) is 1. The van der Waals surface area contributed by atoms with Crippen LogP contribution in [0.3, 0.4) is 0 Å². The average molecular weight is 474 g/mol. The van der Waals surface area contributed by atoms with Crippen LogP contribution in [0.4, 0.5) is 11.5 Å². The number of anilines is 2. The van der Waals surface area contributed by atoms with Crippen molar-refractivity contribution in [3.8, 4) is 0 Å². The molecule has 1 saturated heterocycles. The summed E-state index contributed by atoms with van der Waals surface area (Å²) in [5.74, 6) is -1.43. The predicted molar refractivity (Wildman–Crippen MR) is 129 cm³/mol. The second-order valence-electron chi connectivity index (χ2n) is 9.46. The van der Waals surface area contributed by atoms with Crippen LogP contribution in [-0.2, 0) is 20.9 Å². The number of aromatic nitrogens is 2. The number of imide groups is 1. The summed E-state index contributed by atoms with van der Waals surface area (Å²) in [6, 6.07) is 0. The number of nitrogens with zero attached hydrogens (tertiary/aromatic N) is 3. The number of H-pyrrole nitrogens is 1. The van der Waals surface area contributed by atoms with Crippen molar-refractivity contribution in [3.05, 3.63) is 33.0 Å². The molecule has 3 rings (SSSR count). The van der Waals surface area contributed by atoms with E-state index in [4.69, 9.17) is 5.73 Å². The first-order valence-electron chi connectivity index (χ1n) is 12.1. The Labute approximate surface area is 198 Å². The topological polar surface area (TPSA) is 139 Å². The van der Waals surface area contributed by atoms with Gasteiger partial charge >= 0.3 is 5.69 Å². The molecule has 1 aromatic heterocycles. The van der Waals surface area contributed by atoms with Gasteiger partial charge in [0.15, 0.2) is 5.69 Å². The normalized spacial score (nSPS) is 19.7. The summed E-state index contributed by atoms with van der Waals surface area (Å²) in [7, 11) is 0. The number of nitrogens with two attached hydrogens (primary N) is 1. The molecule has 10 heteroatoms. The number of aromatic amines is 1. The molecule has 1 fully saturated rings. The van der Waals surface area contributed by atoms with Crippen molar-refractivity contribution in [2.24, 2.45) is 17.8 Å². The van der Waals surface area contributed by atoms with Gasteiger partial charge in [0.1, 0.15) is 5.82 Å². The van der Waals surface area contributed by atoms with Crippen LogP contribution in [0, 0.1) is 17.8 Å². The lowest BCUT2D eigenvalue weighted by molar-refractivity contribution is -0.140. The Kier molecular flexibility index (Phi) is 8.11. The van der Waals surface area contributed by atoms with E-state index in [2.05, 4.69) is 4.98 Å². The number of rotatable bonds is 10. The lowest BCUT2D eigenvalue weighted by atomic mass is 9.85. The Morgan fingerprint density at radius 3 is 2.29 bits per heavy atom. The van der Waals surface area contributed by atoms with Gasteiger partial charge in [-0.1, -0.05) is 39.3 Å². The van der Waals surface area contributed by atoms with Crippen LogP contribution in [0.5, 0.6) is 0 Å². The fourth-order valence-electron chi connectivity index (χ4n) is 4.56. The fourth-order valence-corrected chi connectivity index (χ4v) is 4.56. The van der Waals surface area contributed by atoms with Crippen molar-refractivity contribution in [3.63, 3.8) is 0 Å². The maximum Gasteiger partial charge on any atom is 0.330 e. The second-order valence-corrected chi connectivity index (χ2v) is 9.46. The third-order valence-electron chi connectivity index (χ3n) is 6.60.